The van der Waals surface area contributed by atoms with E-state index in [1.807, 2.05) is 39.8 Å². The zero-order chi connectivity index (χ0) is 19.6. The highest BCUT2D eigenvalue weighted by Gasteiger charge is 2.19. The molecule has 0 radical (unpaired) electrons. The third kappa shape index (κ3) is 3.48. The average molecular weight is 384 g/mol. The first-order chi connectivity index (χ1) is 13.1. The van der Waals surface area contributed by atoms with Gasteiger partial charge in [0.1, 0.15) is 5.65 Å². The summed E-state index contributed by atoms with van der Waals surface area (Å²) >= 11 is 1.62. The minimum Gasteiger partial charge on any atom is -0.478 e. The molecule has 8 heteroatoms. The number of hydrogen-bond acceptors (Lipinski definition) is 6. The van der Waals surface area contributed by atoms with Crippen molar-refractivity contribution in [1.82, 2.24) is 19.6 Å². The van der Waals surface area contributed by atoms with Crippen molar-refractivity contribution in [3.63, 3.8) is 0 Å². The largest absolute Gasteiger partial charge is 0.478 e. The zero-order valence-corrected chi connectivity index (χ0v) is 16.4. The van der Waals surface area contributed by atoms with Crippen LogP contribution in [0.1, 0.15) is 41.9 Å². The molecule has 0 atom stereocenters. The van der Waals surface area contributed by atoms with Gasteiger partial charge >= 0.3 is 5.97 Å². The number of aromatic carboxylic acids is 1. The van der Waals surface area contributed by atoms with Gasteiger partial charge in [0.05, 0.1) is 27.9 Å². The standard InChI is InChI=1S/C17H14N4O3S.C2H6/c1-3-14-19-20-16(24-14)11-6-10(17(22)23)8-21-12(7-18-15(11)21)13-5-4-9(2)25-13;1-2/h4-8H,3H2,1-2H3,(H,22,23);1-2H3. The molecule has 4 heterocycles. The fourth-order valence-electron chi connectivity index (χ4n) is 2.62. The lowest BCUT2D eigenvalue weighted by atomic mass is 10.2. The van der Waals surface area contributed by atoms with Crippen LogP contribution in [-0.4, -0.2) is 30.7 Å². The molecule has 0 aliphatic rings. The Balaban J connectivity index is 0.00000102. The van der Waals surface area contributed by atoms with Crippen LogP contribution in [0.5, 0.6) is 0 Å². The molecule has 4 aromatic rings. The molecular weight excluding hydrogens is 364 g/mol. The number of aromatic nitrogens is 4. The molecule has 0 saturated heterocycles. The van der Waals surface area contributed by atoms with Gasteiger partial charge in [-0.2, -0.15) is 0 Å². The number of fused-ring (bicyclic) bond motifs is 1. The van der Waals surface area contributed by atoms with Gasteiger partial charge < -0.3 is 9.52 Å². The van der Waals surface area contributed by atoms with Gasteiger partial charge in [-0.1, -0.05) is 20.8 Å². The Hall–Kier alpha value is -3.00. The van der Waals surface area contributed by atoms with Crippen molar-refractivity contribution in [1.29, 1.82) is 0 Å². The molecule has 0 bridgehead atoms. The van der Waals surface area contributed by atoms with E-state index >= 15 is 0 Å². The number of imidazole rings is 1. The normalized spacial score (nSPS) is 10.7. The first-order valence-corrected chi connectivity index (χ1v) is 9.52. The fourth-order valence-corrected chi connectivity index (χ4v) is 3.50. The van der Waals surface area contributed by atoms with E-state index in [4.69, 9.17) is 4.42 Å². The summed E-state index contributed by atoms with van der Waals surface area (Å²) in [6.07, 6.45) is 3.90. The molecule has 0 aromatic carbocycles. The van der Waals surface area contributed by atoms with Crippen molar-refractivity contribution in [3.8, 4) is 22.0 Å². The van der Waals surface area contributed by atoms with Crippen LogP contribution in [-0.2, 0) is 6.42 Å². The van der Waals surface area contributed by atoms with Crippen molar-refractivity contribution in [3.05, 3.63) is 46.9 Å². The zero-order valence-electron chi connectivity index (χ0n) is 15.6. The molecule has 4 rings (SSSR count). The molecule has 1 N–H and O–H groups in total. The molecule has 0 amide bonds. The Kier molecular flexibility index (Phi) is 5.36. The van der Waals surface area contributed by atoms with Crippen LogP contribution in [0.2, 0.25) is 0 Å². The molecular formula is C19H20N4O3S. The van der Waals surface area contributed by atoms with Gasteiger partial charge in [0.2, 0.25) is 5.89 Å². The smallest absolute Gasteiger partial charge is 0.337 e. The van der Waals surface area contributed by atoms with Gasteiger partial charge in [0, 0.05) is 17.5 Å². The van der Waals surface area contributed by atoms with E-state index in [0.717, 1.165) is 10.6 Å². The van der Waals surface area contributed by atoms with Gasteiger partial charge in [-0.3, -0.25) is 4.40 Å². The molecule has 27 heavy (non-hydrogen) atoms. The van der Waals surface area contributed by atoms with E-state index in [2.05, 4.69) is 15.2 Å². The molecule has 0 aliphatic carbocycles. The summed E-state index contributed by atoms with van der Waals surface area (Å²) in [5.41, 5.74) is 2.04. The Morgan fingerprint density at radius 3 is 2.67 bits per heavy atom. The number of hydrogen-bond donors (Lipinski definition) is 1. The van der Waals surface area contributed by atoms with Crippen LogP contribution in [0, 0.1) is 6.92 Å². The second kappa shape index (κ2) is 7.71. The summed E-state index contributed by atoms with van der Waals surface area (Å²) in [7, 11) is 0. The highest BCUT2D eigenvalue weighted by atomic mass is 32.1. The molecule has 140 valence electrons. The monoisotopic (exact) mass is 384 g/mol. The molecule has 0 aliphatic heterocycles. The van der Waals surface area contributed by atoms with Gasteiger partial charge in [-0.25, -0.2) is 9.78 Å². The minimum absolute atomic E-state index is 0.131. The quantitative estimate of drug-likeness (QED) is 0.548. The molecule has 0 fully saturated rings. The molecule has 0 saturated carbocycles. The molecule has 0 unspecified atom stereocenters. The van der Waals surface area contributed by atoms with E-state index in [9.17, 15) is 9.90 Å². The van der Waals surface area contributed by atoms with E-state index in [1.165, 1.54) is 10.9 Å². The van der Waals surface area contributed by atoms with Crippen molar-refractivity contribution in [2.75, 3.05) is 0 Å². The summed E-state index contributed by atoms with van der Waals surface area (Å²) in [5, 5.41) is 17.5. The highest BCUT2D eigenvalue weighted by Crippen LogP contribution is 2.32. The molecule has 4 aromatic heterocycles. The van der Waals surface area contributed by atoms with Gasteiger partial charge in [0.25, 0.3) is 5.89 Å². The first-order valence-electron chi connectivity index (χ1n) is 8.70. The lowest BCUT2D eigenvalue weighted by molar-refractivity contribution is 0.0696. The van der Waals surface area contributed by atoms with Crippen molar-refractivity contribution >= 4 is 23.0 Å². The van der Waals surface area contributed by atoms with E-state index in [-0.39, 0.29) is 11.5 Å². The lowest BCUT2D eigenvalue weighted by Crippen LogP contribution is -2.01. The van der Waals surface area contributed by atoms with Crippen LogP contribution in [0.15, 0.2) is 35.0 Å². The SMILES string of the molecule is CC.CCc1nnc(-c2cc(C(=O)O)cn3c(-c4ccc(C)s4)cnc23)o1. The predicted octanol–water partition coefficient (Wildman–Crippen LogP) is 4.71. The summed E-state index contributed by atoms with van der Waals surface area (Å²) in [6, 6.07) is 5.53. The molecule has 7 nitrogen and oxygen atoms in total. The topological polar surface area (TPSA) is 93.5 Å². The lowest BCUT2D eigenvalue weighted by Gasteiger charge is -2.05. The average Bonchev–Trinajstić information content (AvgIpc) is 3.41. The van der Waals surface area contributed by atoms with Crippen LogP contribution < -0.4 is 0 Å². The van der Waals surface area contributed by atoms with Crippen LogP contribution in [0.25, 0.3) is 27.7 Å². The predicted molar refractivity (Wildman–Crippen MR) is 104 cm³/mol. The highest BCUT2D eigenvalue weighted by molar-refractivity contribution is 7.15. The number of carboxylic acid groups (broad SMARTS) is 1. The second-order valence-electron chi connectivity index (χ2n) is 5.55. The van der Waals surface area contributed by atoms with Crippen molar-refractivity contribution in [2.24, 2.45) is 0 Å². The van der Waals surface area contributed by atoms with E-state index < -0.39 is 5.97 Å². The molecule has 0 spiro atoms. The summed E-state index contributed by atoms with van der Waals surface area (Å²) in [5.74, 6) is -0.264. The van der Waals surface area contributed by atoms with E-state index in [0.29, 0.717) is 23.5 Å². The van der Waals surface area contributed by atoms with Crippen molar-refractivity contribution < 1.29 is 14.3 Å². The number of nitrogens with zero attached hydrogens (tertiary/aromatic N) is 4. The van der Waals surface area contributed by atoms with Crippen molar-refractivity contribution in [2.45, 2.75) is 34.1 Å². The second-order valence-corrected chi connectivity index (χ2v) is 6.84. The van der Waals surface area contributed by atoms with Gasteiger partial charge in [-0.05, 0) is 25.1 Å². The summed E-state index contributed by atoms with van der Waals surface area (Å²) in [6.45, 7) is 7.93. The van der Waals surface area contributed by atoms with Crippen LogP contribution >= 0.6 is 11.3 Å². The maximum atomic E-state index is 11.6. The maximum Gasteiger partial charge on any atom is 0.337 e. The van der Waals surface area contributed by atoms with Gasteiger partial charge in [-0.15, -0.1) is 21.5 Å². The summed E-state index contributed by atoms with van der Waals surface area (Å²) < 4.78 is 7.38. The van der Waals surface area contributed by atoms with Crippen LogP contribution in [0.4, 0.5) is 0 Å². The number of carbonyl (C=O) groups is 1. The third-order valence-electron chi connectivity index (χ3n) is 3.85. The number of rotatable bonds is 4. The van der Waals surface area contributed by atoms with Crippen LogP contribution in [0.3, 0.4) is 0 Å². The maximum absolute atomic E-state index is 11.6. The number of thiophene rings is 1. The number of carboxylic acids is 1. The minimum atomic E-state index is -1.03. The fraction of sp³-hybridized carbons (Fsp3) is 0.263. The van der Waals surface area contributed by atoms with Gasteiger partial charge in [0.15, 0.2) is 0 Å². The number of pyridine rings is 1. The van der Waals surface area contributed by atoms with E-state index in [1.54, 1.807) is 28.1 Å². The Morgan fingerprint density at radius 1 is 1.30 bits per heavy atom. The summed E-state index contributed by atoms with van der Waals surface area (Å²) in [4.78, 5) is 18.2. The third-order valence-corrected chi connectivity index (χ3v) is 4.87. The first kappa shape index (κ1) is 18.8. The Bertz CT molecular complexity index is 1090. The Labute approximate surface area is 160 Å². The Morgan fingerprint density at radius 2 is 2.07 bits per heavy atom. The number of aryl methyl sites for hydroxylation is 2.